The summed E-state index contributed by atoms with van der Waals surface area (Å²) < 4.78 is 0. The van der Waals surface area contributed by atoms with Gasteiger partial charge in [0.15, 0.2) is 0 Å². The first-order valence-electron chi connectivity index (χ1n) is 6.78. The van der Waals surface area contributed by atoms with E-state index in [2.05, 4.69) is 23.4 Å². The third kappa shape index (κ3) is 1.70. The van der Waals surface area contributed by atoms with Gasteiger partial charge in [0.05, 0.1) is 0 Å². The van der Waals surface area contributed by atoms with Gasteiger partial charge in [-0.2, -0.15) is 4.91 Å². The monoisotopic (exact) mass is 229 g/mol. The molecule has 90 valence electrons. The standard InChI is InChI=1S/C15H19NO/c17-16-14-8-11-15(9-4-1-5-10-15)13-7-3-2-6-12(13)14/h2-3,6-7,14H,1,4-5,8-11H2. The highest BCUT2D eigenvalue weighted by atomic mass is 16.3. The summed E-state index contributed by atoms with van der Waals surface area (Å²) in [6, 6.07) is 8.40. The fourth-order valence-electron chi connectivity index (χ4n) is 3.83. The Morgan fingerprint density at radius 1 is 1.06 bits per heavy atom. The Morgan fingerprint density at radius 3 is 2.59 bits per heavy atom. The number of rotatable bonds is 1. The summed E-state index contributed by atoms with van der Waals surface area (Å²) in [6.45, 7) is 0. The molecule has 1 saturated carbocycles. The predicted octanol–water partition coefficient (Wildman–Crippen LogP) is 4.49. The fraction of sp³-hybridized carbons (Fsp3) is 0.600. The van der Waals surface area contributed by atoms with Gasteiger partial charge in [-0.05, 0) is 42.2 Å². The second-order valence-corrected chi connectivity index (χ2v) is 5.59. The molecule has 1 aromatic carbocycles. The molecule has 0 heterocycles. The maximum atomic E-state index is 10.9. The van der Waals surface area contributed by atoms with Crippen LogP contribution in [0.5, 0.6) is 0 Å². The van der Waals surface area contributed by atoms with E-state index < -0.39 is 0 Å². The van der Waals surface area contributed by atoms with Crippen molar-refractivity contribution in [1.82, 2.24) is 0 Å². The zero-order valence-electron chi connectivity index (χ0n) is 10.2. The molecule has 2 aliphatic rings. The molecule has 1 atom stereocenters. The summed E-state index contributed by atoms with van der Waals surface area (Å²) in [5.41, 5.74) is 3.00. The van der Waals surface area contributed by atoms with Crippen molar-refractivity contribution in [3.8, 4) is 0 Å². The Labute approximate surface area is 102 Å². The molecule has 17 heavy (non-hydrogen) atoms. The van der Waals surface area contributed by atoms with Crippen LogP contribution < -0.4 is 0 Å². The van der Waals surface area contributed by atoms with E-state index in [4.69, 9.17) is 0 Å². The predicted molar refractivity (Wildman–Crippen MR) is 69.0 cm³/mol. The van der Waals surface area contributed by atoms with Crippen LogP contribution in [0.4, 0.5) is 0 Å². The van der Waals surface area contributed by atoms with E-state index >= 15 is 0 Å². The van der Waals surface area contributed by atoms with Gasteiger partial charge in [-0.15, -0.1) is 0 Å². The molecule has 0 aromatic heterocycles. The number of benzene rings is 1. The van der Waals surface area contributed by atoms with E-state index in [0.717, 1.165) is 12.8 Å². The van der Waals surface area contributed by atoms with Crippen molar-refractivity contribution in [2.24, 2.45) is 5.18 Å². The van der Waals surface area contributed by atoms with Crippen LogP contribution >= 0.6 is 0 Å². The van der Waals surface area contributed by atoms with Crippen molar-refractivity contribution in [2.45, 2.75) is 56.4 Å². The summed E-state index contributed by atoms with van der Waals surface area (Å²) in [5.74, 6) is 0. The van der Waals surface area contributed by atoms with E-state index in [1.54, 1.807) is 0 Å². The molecule has 0 N–H and O–H groups in total. The van der Waals surface area contributed by atoms with Crippen LogP contribution in [0.3, 0.4) is 0 Å². The highest BCUT2D eigenvalue weighted by molar-refractivity contribution is 5.39. The lowest BCUT2D eigenvalue weighted by Gasteiger charge is -2.43. The molecular weight excluding hydrogens is 210 g/mol. The first-order valence-corrected chi connectivity index (χ1v) is 6.78. The summed E-state index contributed by atoms with van der Waals surface area (Å²) in [4.78, 5) is 10.9. The van der Waals surface area contributed by atoms with E-state index in [9.17, 15) is 4.91 Å². The Bertz CT molecular complexity index is 421. The molecule has 2 aliphatic carbocycles. The van der Waals surface area contributed by atoms with Crippen LogP contribution in [0.2, 0.25) is 0 Å². The van der Waals surface area contributed by atoms with Crippen LogP contribution in [-0.4, -0.2) is 0 Å². The first kappa shape index (κ1) is 10.9. The van der Waals surface area contributed by atoms with Gasteiger partial charge in [-0.25, -0.2) is 0 Å². The van der Waals surface area contributed by atoms with E-state index in [-0.39, 0.29) is 6.04 Å². The lowest BCUT2D eigenvalue weighted by molar-refractivity contribution is 0.244. The maximum absolute atomic E-state index is 10.9. The smallest absolute Gasteiger partial charge is 0.117 e. The summed E-state index contributed by atoms with van der Waals surface area (Å²) in [7, 11) is 0. The third-order valence-electron chi connectivity index (χ3n) is 4.73. The second-order valence-electron chi connectivity index (χ2n) is 5.59. The number of hydrogen-bond acceptors (Lipinski definition) is 2. The molecule has 1 spiro atoms. The minimum absolute atomic E-state index is 0.0984. The van der Waals surface area contributed by atoms with Gasteiger partial charge in [-0.1, -0.05) is 48.7 Å². The zero-order valence-corrected chi connectivity index (χ0v) is 10.2. The average Bonchev–Trinajstić information content (AvgIpc) is 2.41. The van der Waals surface area contributed by atoms with E-state index in [0.29, 0.717) is 5.41 Å². The maximum Gasteiger partial charge on any atom is 0.117 e. The molecular formula is C15H19NO. The highest BCUT2D eigenvalue weighted by Crippen LogP contribution is 2.50. The Morgan fingerprint density at radius 2 is 1.82 bits per heavy atom. The Kier molecular flexibility index (Phi) is 2.73. The first-order chi connectivity index (χ1) is 8.36. The van der Waals surface area contributed by atoms with Crippen LogP contribution in [0.25, 0.3) is 0 Å². The quantitative estimate of drug-likeness (QED) is 0.652. The fourth-order valence-corrected chi connectivity index (χ4v) is 3.83. The Hall–Kier alpha value is -1.18. The highest BCUT2D eigenvalue weighted by Gasteiger charge is 2.40. The van der Waals surface area contributed by atoms with Crippen molar-refractivity contribution in [3.63, 3.8) is 0 Å². The minimum Gasteiger partial charge on any atom is -0.150 e. The molecule has 1 unspecified atom stereocenters. The average molecular weight is 229 g/mol. The van der Waals surface area contributed by atoms with Crippen LogP contribution in [-0.2, 0) is 5.41 Å². The molecule has 2 nitrogen and oxygen atoms in total. The Balaban J connectivity index is 2.06. The molecule has 2 heteroatoms. The van der Waals surface area contributed by atoms with Crippen LogP contribution in [0.15, 0.2) is 29.4 Å². The number of hydrogen-bond donors (Lipinski definition) is 0. The SMILES string of the molecule is O=NC1CCC2(CCCCC2)c2ccccc21. The molecule has 0 bridgehead atoms. The van der Waals surface area contributed by atoms with Gasteiger partial charge in [0, 0.05) is 0 Å². The summed E-state index contributed by atoms with van der Waals surface area (Å²) in [5, 5.41) is 3.32. The molecule has 0 amide bonds. The molecule has 0 saturated heterocycles. The largest absolute Gasteiger partial charge is 0.150 e. The molecule has 3 rings (SSSR count). The van der Waals surface area contributed by atoms with Crippen molar-refractivity contribution >= 4 is 0 Å². The number of nitroso groups, excluding NO2 is 1. The van der Waals surface area contributed by atoms with Crippen molar-refractivity contribution in [3.05, 3.63) is 40.3 Å². The second kappa shape index (κ2) is 4.25. The normalized spacial score (nSPS) is 26.5. The lowest BCUT2D eigenvalue weighted by atomic mass is 9.62. The summed E-state index contributed by atoms with van der Waals surface area (Å²) in [6.07, 6.45) is 8.76. The molecule has 0 radical (unpaired) electrons. The lowest BCUT2D eigenvalue weighted by Crippen LogP contribution is -2.34. The van der Waals surface area contributed by atoms with Gasteiger partial charge >= 0.3 is 0 Å². The van der Waals surface area contributed by atoms with E-state index in [1.165, 1.54) is 43.2 Å². The summed E-state index contributed by atoms with van der Waals surface area (Å²) >= 11 is 0. The topological polar surface area (TPSA) is 29.4 Å². The van der Waals surface area contributed by atoms with Gasteiger partial charge < -0.3 is 0 Å². The van der Waals surface area contributed by atoms with Crippen LogP contribution in [0, 0.1) is 4.91 Å². The number of fused-ring (bicyclic) bond motifs is 2. The minimum atomic E-state index is -0.0984. The van der Waals surface area contributed by atoms with Crippen molar-refractivity contribution in [1.29, 1.82) is 0 Å². The molecule has 0 aliphatic heterocycles. The van der Waals surface area contributed by atoms with Crippen LogP contribution in [0.1, 0.15) is 62.1 Å². The zero-order chi connectivity index (χ0) is 11.7. The molecule has 1 fully saturated rings. The van der Waals surface area contributed by atoms with Gasteiger partial charge in [0.2, 0.25) is 0 Å². The van der Waals surface area contributed by atoms with Gasteiger partial charge in [-0.3, -0.25) is 0 Å². The molecule has 1 aromatic rings. The number of nitrogens with zero attached hydrogens (tertiary/aromatic N) is 1. The van der Waals surface area contributed by atoms with Gasteiger partial charge in [0.25, 0.3) is 0 Å². The van der Waals surface area contributed by atoms with E-state index in [1.807, 2.05) is 6.07 Å². The van der Waals surface area contributed by atoms with Crippen molar-refractivity contribution < 1.29 is 0 Å². The van der Waals surface area contributed by atoms with Gasteiger partial charge in [0.1, 0.15) is 6.04 Å². The third-order valence-corrected chi connectivity index (χ3v) is 4.73. The van der Waals surface area contributed by atoms with Crippen molar-refractivity contribution in [2.75, 3.05) is 0 Å².